The lowest BCUT2D eigenvalue weighted by molar-refractivity contribution is -0.117. The zero-order chi connectivity index (χ0) is 15.2. The summed E-state index contributed by atoms with van der Waals surface area (Å²) < 4.78 is 10.0. The Bertz CT molecular complexity index is 592. The number of carbonyl (C=O) groups is 1. The molecule has 2 rings (SSSR count). The second-order valence-corrected chi connectivity index (χ2v) is 4.65. The van der Waals surface area contributed by atoms with Gasteiger partial charge in [0.2, 0.25) is 5.91 Å². The van der Waals surface area contributed by atoms with Crippen LogP contribution in [0.1, 0.15) is 19.1 Å². The van der Waals surface area contributed by atoms with Gasteiger partial charge in [-0.05, 0) is 37.6 Å². The van der Waals surface area contributed by atoms with Gasteiger partial charge in [-0.3, -0.25) is 4.79 Å². The predicted octanol–water partition coefficient (Wildman–Crippen LogP) is 2.82. The maximum Gasteiger partial charge on any atom is 0.248 e. The number of hydrogen-bond donors (Lipinski definition) is 2. The molecule has 0 bridgehead atoms. The average molecular weight is 289 g/mol. The van der Waals surface area contributed by atoms with Crippen LogP contribution in [0, 0.1) is 6.92 Å². The molecule has 2 aromatic rings. The van der Waals surface area contributed by atoms with E-state index in [2.05, 4.69) is 15.8 Å². The molecular formula is C15H19N3O3. The van der Waals surface area contributed by atoms with Gasteiger partial charge in [-0.2, -0.15) is 0 Å². The molecule has 1 amide bonds. The van der Waals surface area contributed by atoms with E-state index >= 15 is 0 Å². The molecule has 0 aliphatic carbocycles. The van der Waals surface area contributed by atoms with E-state index in [9.17, 15) is 4.79 Å². The number of benzene rings is 1. The standard InChI is InChI=1S/C15H19N3O3/c1-4-13(15(19)17-14-9-10(2)21-18-14)16-11-5-7-12(20-3)8-6-11/h5-9,13,16H,4H2,1-3H3,(H,17,18,19). The Balaban J connectivity index is 1.99. The molecule has 21 heavy (non-hydrogen) atoms. The van der Waals surface area contributed by atoms with Crippen LogP contribution in [-0.4, -0.2) is 24.2 Å². The molecule has 0 aliphatic rings. The van der Waals surface area contributed by atoms with Gasteiger partial charge in [-0.25, -0.2) is 0 Å². The second-order valence-electron chi connectivity index (χ2n) is 4.65. The summed E-state index contributed by atoms with van der Waals surface area (Å²) in [4.78, 5) is 12.2. The normalized spacial score (nSPS) is 11.8. The van der Waals surface area contributed by atoms with Crippen LogP contribution in [0.5, 0.6) is 5.75 Å². The Morgan fingerprint density at radius 3 is 2.62 bits per heavy atom. The fourth-order valence-corrected chi connectivity index (χ4v) is 1.88. The van der Waals surface area contributed by atoms with E-state index < -0.39 is 0 Å². The minimum absolute atomic E-state index is 0.151. The number of hydrogen-bond acceptors (Lipinski definition) is 5. The van der Waals surface area contributed by atoms with Gasteiger partial charge >= 0.3 is 0 Å². The van der Waals surface area contributed by atoms with Crippen molar-refractivity contribution < 1.29 is 14.1 Å². The van der Waals surface area contributed by atoms with E-state index in [1.54, 1.807) is 20.1 Å². The molecule has 0 saturated heterocycles. The first-order valence-electron chi connectivity index (χ1n) is 6.77. The summed E-state index contributed by atoms with van der Waals surface area (Å²) in [6, 6.07) is 8.75. The highest BCUT2D eigenvalue weighted by Crippen LogP contribution is 2.17. The molecule has 1 heterocycles. The molecule has 2 N–H and O–H groups in total. The fourth-order valence-electron chi connectivity index (χ4n) is 1.88. The Morgan fingerprint density at radius 2 is 2.10 bits per heavy atom. The number of methoxy groups -OCH3 is 1. The smallest absolute Gasteiger partial charge is 0.248 e. The van der Waals surface area contributed by atoms with Crippen LogP contribution in [0.4, 0.5) is 11.5 Å². The number of aromatic nitrogens is 1. The molecule has 0 aliphatic heterocycles. The first-order chi connectivity index (χ1) is 10.1. The molecule has 112 valence electrons. The van der Waals surface area contributed by atoms with Gasteiger partial charge in [0.1, 0.15) is 17.6 Å². The Kier molecular flexibility index (Phi) is 4.81. The zero-order valence-electron chi connectivity index (χ0n) is 12.3. The molecule has 0 radical (unpaired) electrons. The summed E-state index contributed by atoms with van der Waals surface area (Å²) in [7, 11) is 1.62. The first kappa shape index (κ1) is 14.9. The molecule has 0 spiro atoms. The molecule has 1 aromatic heterocycles. The number of carbonyl (C=O) groups excluding carboxylic acids is 1. The predicted molar refractivity (Wildman–Crippen MR) is 80.6 cm³/mol. The van der Waals surface area contributed by atoms with Gasteiger partial charge < -0.3 is 19.9 Å². The summed E-state index contributed by atoms with van der Waals surface area (Å²) in [5.41, 5.74) is 0.856. The molecule has 1 aromatic carbocycles. The maximum absolute atomic E-state index is 12.2. The number of nitrogens with one attached hydrogen (secondary N) is 2. The monoisotopic (exact) mass is 289 g/mol. The molecule has 1 atom stereocenters. The van der Waals surface area contributed by atoms with Gasteiger partial charge in [-0.1, -0.05) is 12.1 Å². The van der Waals surface area contributed by atoms with Crippen molar-refractivity contribution in [2.45, 2.75) is 26.3 Å². The van der Waals surface area contributed by atoms with Gasteiger partial charge in [-0.15, -0.1) is 0 Å². The summed E-state index contributed by atoms with van der Waals surface area (Å²) in [5, 5.41) is 9.66. The Hall–Kier alpha value is -2.50. The number of nitrogens with zero attached hydrogens (tertiary/aromatic N) is 1. The molecule has 0 saturated carbocycles. The minimum Gasteiger partial charge on any atom is -0.497 e. The summed E-state index contributed by atoms with van der Waals surface area (Å²) in [6.07, 6.45) is 0.648. The van der Waals surface area contributed by atoms with E-state index in [1.165, 1.54) is 0 Å². The number of rotatable bonds is 6. The molecular weight excluding hydrogens is 270 g/mol. The van der Waals surface area contributed by atoms with Crippen molar-refractivity contribution in [1.82, 2.24) is 5.16 Å². The second kappa shape index (κ2) is 6.78. The van der Waals surface area contributed by atoms with E-state index in [4.69, 9.17) is 9.26 Å². The Labute approximate surface area is 123 Å². The minimum atomic E-state index is -0.351. The highest BCUT2D eigenvalue weighted by Gasteiger charge is 2.17. The van der Waals surface area contributed by atoms with Crippen LogP contribution < -0.4 is 15.4 Å². The van der Waals surface area contributed by atoms with E-state index in [0.717, 1.165) is 11.4 Å². The lowest BCUT2D eigenvalue weighted by atomic mass is 10.2. The van der Waals surface area contributed by atoms with Crippen LogP contribution in [0.15, 0.2) is 34.9 Å². The van der Waals surface area contributed by atoms with Gasteiger partial charge in [0.05, 0.1) is 7.11 Å². The van der Waals surface area contributed by atoms with Crippen LogP contribution >= 0.6 is 0 Å². The van der Waals surface area contributed by atoms with Crippen LogP contribution in [0.3, 0.4) is 0 Å². The number of ether oxygens (including phenoxy) is 1. The number of aryl methyl sites for hydroxylation is 1. The summed E-state index contributed by atoms with van der Waals surface area (Å²) in [5.74, 6) is 1.70. The van der Waals surface area contributed by atoms with Crippen molar-refractivity contribution in [3.05, 3.63) is 36.1 Å². The quantitative estimate of drug-likeness (QED) is 0.855. The van der Waals surface area contributed by atoms with E-state index in [-0.39, 0.29) is 11.9 Å². The van der Waals surface area contributed by atoms with E-state index in [0.29, 0.717) is 18.0 Å². The Morgan fingerprint density at radius 1 is 1.38 bits per heavy atom. The largest absolute Gasteiger partial charge is 0.497 e. The molecule has 1 unspecified atom stereocenters. The molecule has 6 nitrogen and oxygen atoms in total. The lowest BCUT2D eigenvalue weighted by Crippen LogP contribution is -2.34. The lowest BCUT2D eigenvalue weighted by Gasteiger charge is -2.17. The van der Waals surface area contributed by atoms with Crippen molar-refractivity contribution in [2.75, 3.05) is 17.7 Å². The zero-order valence-corrected chi connectivity index (χ0v) is 12.3. The van der Waals surface area contributed by atoms with Crippen molar-refractivity contribution >= 4 is 17.4 Å². The van der Waals surface area contributed by atoms with Gasteiger partial charge in [0.15, 0.2) is 5.82 Å². The summed E-state index contributed by atoms with van der Waals surface area (Å²) >= 11 is 0. The van der Waals surface area contributed by atoms with Crippen LogP contribution in [0.25, 0.3) is 0 Å². The highest BCUT2D eigenvalue weighted by atomic mass is 16.5. The third-order valence-electron chi connectivity index (χ3n) is 3.03. The van der Waals surface area contributed by atoms with Crippen molar-refractivity contribution in [2.24, 2.45) is 0 Å². The van der Waals surface area contributed by atoms with Gasteiger partial charge in [0.25, 0.3) is 0 Å². The third-order valence-corrected chi connectivity index (χ3v) is 3.03. The highest BCUT2D eigenvalue weighted by molar-refractivity contribution is 5.95. The van der Waals surface area contributed by atoms with Crippen molar-refractivity contribution in [3.63, 3.8) is 0 Å². The third kappa shape index (κ3) is 3.98. The summed E-state index contributed by atoms with van der Waals surface area (Å²) in [6.45, 7) is 3.71. The van der Waals surface area contributed by atoms with E-state index in [1.807, 2.05) is 31.2 Å². The first-order valence-corrected chi connectivity index (χ1v) is 6.77. The number of amides is 1. The average Bonchev–Trinajstić information content (AvgIpc) is 2.90. The topological polar surface area (TPSA) is 76.4 Å². The number of anilines is 2. The van der Waals surface area contributed by atoms with Crippen LogP contribution in [0.2, 0.25) is 0 Å². The fraction of sp³-hybridized carbons (Fsp3) is 0.333. The van der Waals surface area contributed by atoms with Crippen molar-refractivity contribution in [1.29, 1.82) is 0 Å². The molecule has 6 heteroatoms. The SMILES string of the molecule is CCC(Nc1ccc(OC)cc1)C(=O)Nc1cc(C)on1. The van der Waals surface area contributed by atoms with Crippen molar-refractivity contribution in [3.8, 4) is 5.75 Å². The molecule has 0 fully saturated rings. The van der Waals surface area contributed by atoms with Crippen LogP contribution in [-0.2, 0) is 4.79 Å². The maximum atomic E-state index is 12.2. The van der Waals surface area contributed by atoms with Gasteiger partial charge in [0, 0.05) is 11.8 Å².